The molecule has 0 aromatic carbocycles. The van der Waals surface area contributed by atoms with Gasteiger partial charge in [0, 0.05) is 25.9 Å². The fourth-order valence-corrected chi connectivity index (χ4v) is 10.4. The van der Waals surface area contributed by atoms with Gasteiger partial charge in [-0.2, -0.15) is 0 Å². The highest BCUT2D eigenvalue weighted by Crippen LogP contribution is 2.22. The minimum atomic E-state index is -2.42. The molecule has 0 radical (unpaired) electrons. The molecule has 0 fully saturated rings. The van der Waals surface area contributed by atoms with Crippen molar-refractivity contribution in [2.45, 2.75) is 264 Å². The number of unbranched alkanes of at least 4 members (excludes halogenated alkanes) is 36. The zero-order valence-electron chi connectivity index (χ0n) is 35.0. The van der Waals surface area contributed by atoms with Crippen LogP contribution in [0.4, 0.5) is 0 Å². The molecule has 0 saturated heterocycles. The van der Waals surface area contributed by atoms with Gasteiger partial charge in [0.15, 0.2) is 0 Å². The molecule has 0 bridgehead atoms. The summed E-state index contributed by atoms with van der Waals surface area (Å²) in [6, 6.07) is 0.973. The maximum atomic E-state index is 5.98. The Labute approximate surface area is 317 Å². The van der Waals surface area contributed by atoms with E-state index in [4.69, 9.17) is 19.0 Å². The van der Waals surface area contributed by atoms with Crippen molar-refractivity contribution >= 4 is 8.80 Å². The first-order valence-electron chi connectivity index (χ1n) is 23.4. The molecule has 0 aromatic heterocycles. The van der Waals surface area contributed by atoms with E-state index in [1.54, 1.807) is 0 Å². The summed E-state index contributed by atoms with van der Waals surface area (Å²) in [5.74, 6) is 0. The summed E-state index contributed by atoms with van der Waals surface area (Å²) < 4.78 is 17.9. The summed E-state index contributed by atoms with van der Waals surface area (Å²) >= 11 is 0. The molecule has 0 spiro atoms. The van der Waals surface area contributed by atoms with Crippen molar-refractivity contribution < 1.29 is 13.3 Å². The van der Waals surface area contributed by atoms with Gasteiger partial charge < -0.3 is 19.0 Å². The number of rotatable bonds is 45. The molecular formula is C45H95NO3Si. The fourth-order valence-electron chi connectivity index (χ4n) is 7.67. The van der Waals surface area contributed by atoms with Gasteiger partial charge in [-0.05, 0) is 40.2 Å². The first-order valence-corrected chi connectivity index (χ1v) is 25.3. The van der Waals surface area contributed by atoms with Crippen LogP contribution in [-0.4, -0.2) is 35.2 Å². The van der Waals surface area contributed by atoms with E-state index in [0.29, 0.717) is 19.8 Å². The van der Waals surface area contributed by atoms with Crippen molar-refractivity contribution in [2.24, 2.45) is 5.73 Å². The van der Waals surface area contributed by atoms with E-state index in [-0.39, 0.29) is 0 Å². The molecule has 0 aliphatic rings. The molecule has 50 heavy (non-hydrogen) atoms. The molecule has 0 aliphatic carbocycles. The van der Waals surface area contributed by atoms with Crippen LogP contribution >= 0.6 is 0 Å². The predicted octanol–water partition coefficient (Wildman–Crippen LogP) is 15.4. The summed E-state index contributed by atoms with van der Waals surface area (Å²) in [7, 11) is -2.42. The van der Waals surface area contributed by atoms with Crippen LogP contribution in [0.5, 0.6) is 0 Å². The second-order valence-electron chi connectivity index (χ2n) is 15.6. The minimum absolute atomic E-state index is 0.685. The lowest BCUT2D eigenvalue weighted by molar-refractivity contribution is 0.0706. The Hall–Kier alpha value is 0.0569. The van der Waals surface area contributed by atoms with Gasteiger partial charge in [-0.1, -0.05) is 225 Å². The zero-order valence-corrected chi connectivity index (χ0v) is 36.0. The van der Waals surface area contributed by atoms with Crippen molar-refractivity contribution in [3.8, 4) is 0 Å². The van der Waals surface area contributed by atoms with E-state index in [0.717, 1.165) is 12.6 Å². The molecule has 0 unspecified atom stereocenters. The second-order valence-corrected chi connectivity index (χ2v) is 18.3. The van der Waals surface area contributed by atoms with Gasteiger partial charge in [0.05, 0.1) is 0 Å². The Kier molecular flexibility index (Phi) is 43.5. The SMILES string of the molecule is CCO[Si](CCCCCCCCCCCCCCCCCCCCCCCCCCCCCCCCCCCCCCCN)(OCC)OCC. The van der Waals surface area contributed by atoms with Gasteiger partial charge in [0.2, 0.25) is 0 Å². The van der Waals surface area contributed by atoms with Crippen LogP contribution in [0.25, 0.3) is 0 Å². The van der Waals surface area contributed by atoms with Crippen molar-refractivity contribution in [3.63, 3.8) is 0 Å². The molecule has 2 N–H and O–H groups in total. The molecule has 0 amide bonds. The molecule has 0 aliphatic heterocycles. The summed E-state index contributed by atoms with van der Waals surface area (Å²) in [5, 5.41) is 0. The molecule has 0 heterocycles. The summed E-state index contributed by atoms with van der Waals surface area (Å²) in [6.07, 6.45) is 53.1. The fraction of sp³-hybridized carbons (Fsp3) is 1.00. The Balaban J connectivity index is 3.20. The highest BCUT2D eigenvalue weighted by molar-refractivity contribution is 6.60. The quantitative estimate of drug-likeness (QED) is 0.0502. The first-order chi connectivity index (χ1) is 24.7. The van der Waals surface area contributed by atoms with Gasteiger partial charge in [-0.25, -0.2) is 0 Å². The van der Waals surface area contributed by atoms with Crippen LogP contribution in [0.1, 0.15) is 258 Å². The van der Waals surface area contributed by atoms with E-state index in [1.807, 2.05) is 20.8 Å². The highest BCUT2D eigenvalue weighted by Gasteiger charge is 2.39. The van der Waals surface area contributed by atoms with Crippen molar-refractivity contribution in [1.29, 1.82) is 0 Å². The number of nitrogens with two attached hydrogens (primary N) is 1. The normalized spacial score (nSPS) is 12.0. The van der Waals surface area contributed by atoms with Gasteiger partial charge in [0.25, 0.3) is 0 Å². The molecule has 0 saturated carbocycles. The van der Waals surface area contributed by atoms with Crippen LogP contribution in [0.15, 0.2) is 0 Å². The predicted molar refractivity (Wildman–Crippen MR) is 225 cm³/mol. The average molecular weight is 726 g/mol. The van der Waals surface area contributed by atoms with Crippen LogP contribution in [0.2, 0.25) is 6.04 Å². The van der Waals surface area contributed by atoms with Crippen molar-refractivity contribution in [3.05, 3.63) is 0 Å². The van der Waals surface area contributed by atoms with Crippen LogP contribution in [0.3, 0.4) is 0 Å². The van der Waals surface area contributed by atoms with Crippen molar-refractivity contribution in [2.75, 3.05) is 26.4 Å². The lowest BCUT2D eigenvalue weighted by atomic mass is 10.0. The Morgan fingerprint density at radius 2 is 0.420 bits per heavy atom. The van der Waals surface area contributed by atoms with Crippen LogP contribution in [-0.2, 0) is 13.3 Å². The lowest BCUT2D eigenvalue weighted by Gasteiger charge is -2.28. The summed E-state index contributed by atoms with van der Waals surface area (Å²) in [6.45, 7) is 9.06. The van der Waals surface area contributed by atoms with E-state index < -0.39 is 8.80 Å². The third-order valence-electron chi connectivity index (χ3n) is 10.8. The van der Waals surface area contributed by atoms with Gasteiger partial charge in [-0.15, -0.1) is 0 Å². The monoisotopic (exact) mass is 726 g/mol. The van der Waals surface area contributed by atoms with Crippen LogP contribution < -0.4 is 5.73 Å². The third kappa shape index (κ3) is 37.8. The highest BCUT2D eigenvalue weighted by atomic mass is 28.4. The Morgan fingerprint density at radius 3 is 0.580 bits per heavy atom. The van der Waals surface area contributed by atoms with E-state index in [1.165, 1.54) is 238 Å². The number of hydrogen-bond acceptors (Lipinski definition) is 4. The third-order valence-corrected chi connectivity index (χ3v) is 13.9. The molecule has 0 aromatic rings. The van der Waals surface area contributed by atoms with Crippen LogP contribution in [0, 0.1) is 0 Å². The van der Waals surface area contributed by atoms with Crippen molar-refractivity contribution in [1.82, 2.24) is 0 Å². The van der Waals surface area contributed by atoms with E-state index in [9.17, 15) is 0 Å². The molecular weight excluding hydrogens is 631 g/mol. The molecule has 0 atom stereocenters. The summed E-state index contributed by atoms with van der Waals surface area (Å²) in [5.41, 5.74) is 5.56. The maximum absolute atomic E-state index is 5.98. The molecule has 5 heteroatoms. The van der Waals surface area contributed by atoms with E-state index >= 15 is 0 Å². The standard InChI is InChI=1S/C45H95NO3Si/c1-4-47-50(48-5-2,49-6-3)45-43-41-39-37-35-33-31-29-27-25-23-21-19-17-15-13-11-9-7-8-10-12-14-16-18-20-22-24-26-28-30-32-34-36-38-40-42-44-46/h4-46H2,1-3H3. The molecule has 302 valence electrons. The van der Waals surface area contributed by atoms with Gasteiger partial charge in [-0.3, -0.25) is 0 Å². The lowest BCUT2D eigenvalue weighted by Crippen LogP contribution is -2.45. The average Bonchev–Trinajstić information content (AvgIpc) is 3.11. The van der Waals surface area contributed by atoms with Gasteiger partial charge in [0.1, 0.15) is 0 Å². The minimum Gasteiger partial charge on any atom is -0.374 e. The smallest absolute Gasteiger partial charge is 0.374 e. The number of hydrogen-bond donors (Lipinski definition) is 1. The topological polar surface area (TPSA) is 53.7 Å². The molecule has 0 rings (SSSR count). The van der Waals surface area contributed by atoms with E-state index in [2.05, 4.69) is 0 Å². The second kappa shape index (κ2) is 43.5. The Morgan fingerprint density at radius 1 is 0.260 bits per heavy atom. The summed E-state index contributed by atoms with van der Waals surface area (Å²) in [4.78, 5) is 0. The van der Waals surface area contributed by atoms with Gasteiger partial charge >= 0.3 is 8.80 Å². The molecule has 4 nitrogen and oxygen atoms in total. The zero-order chi connectivity index (χ0) is 36.3. The first kappa shape index (κ1) is 50.1. The largest absolute Gasteiger partial charge is 0.500 e. The Bertz CT molecular complexity index is 590. The maximum Gasteiger partial charge on any atom is 0.500 e.